The van der Waals surface area contributed by atoms with Crippen LogP contribution in [0.15, 0.2) is 47.4 Å². The Labute approximate surface area is 139 Å². The van der Waals surface area contributed by atoms with Crippen LogP contribution in [0, 0.1) is 0 Å². The predicted octanol–water partition coefficient (Wildman–Crippen LogP) is 3.43. The topological polar surface area (TPSA) is 38.1 Å². The normalized spacial score (nSPS) is 16.0. The summed E-state index contributed by atoms with van der Waals surface area (Å²) in [5.41, 5.74) is 2.22. The predicted molar refractivity (Wildman–Crippen MR) is 94.3 cm³/mol. The Kier molecular flexibility index (Phi) is 3.97. The number of nitrogens with zero attached hydrogens (tertiary/aromatic N) is 3. The molecule has 0 saturated carbocycles. The summed E-state index contributed by atoms with van der Waals surface area (Å²) in [5.74, 6) is 0. The maximum Gasteiger partial charge on any atom is 0.274 e. The second-order valence-electron chi connectivity index (χ2n) is 6.05. The fourth-order valence-corrected chi connectivity index (χ4v) is 4.13. The Balaban J connectivity index is 1.67. The molecule has 23 heavy (non-hydrogen) atoms. The van der Waals surface area contributed by atoms with Crippen LogP contribution < -0.4 is 5.56 Å². The van der Waals surface area contributed by atoms with Gasteiger partial charge < -0.3 is 0 Å². The van der Waals surface area contributed by atoms with Gasteiger partial charge in [-0.2, -0.15) is 0 Å². The summed E-state index contributed by atoms with van der Waals surface area (Å²) in [6.45, 7) is 3.32. The third-order valence-corrected chi connectivity index (χ3v) is 5.42. The number of rotatable bonds is 3. The van der Waals surface area contributed by atoms with Crippen molar-refractivity contribution >= 4 is 21.7 Å². The van der Waals surface area contributed by atoms with E-state index in [0.717, 1.165) is 17.1 Å². The van der Waals surface area contributed by atoms with Gasteiger partial charge in [0.1, 0.15) is 4.83 Å². The maximum atomic E-state index is 12.6. The molecule has 1 aromatic carbocycles. The molecule has 0 spiro atoms. The van der Waals surface area contributed by atoms with Crippen molar-refractivity contribution in [3.8, 4) is 5.69 Å². The molecule has 118 valence electrons. The lowest BCUT2D eigenvalue weighted by Crippen LogP contribution is -2.29. The number of hydrogen-bond acceptors (Lipinski definition) is 4. The Morgan fingerprint density at radius 1 is 1.09 bits per heavy atom. The molecule has 4 rings (SSSR count). The molecule has 1 aliphatic heterocycles. The number of aromatic nitrogens is 2. The molecule has 0 N–H and O–H groups in total. The highest BCUT2D eigenvalue weighted by molar-refractivity contribution is 7.13. The molecule has 4 nitrogen and oxygen atoms in total. The van der Waals surface area contributed by atoms with Gasteiger partial charge in [-0.15, -0.1) is 0 Å². The first-order chi connectivity index (χ1) is 11.3. The van der Waals surface area contributed by atoms with Crippen molar-refractivity contribution in [2.75, 3.05) is 13.1 Å². The first kappa shape index (κ1) is 14.6. The number of pyridine rings is 1. The number of likely N-dealkylation sites (tertiary alicyclic amines) is 1. The second kappa shape index (κ2) is 6.26. The molecule has 0 bridgehead atoms. The highest BCUT2D eigenvalue weighted by atomic mass is 32.1. The van der Waals surface area contributed by atoms with Crippen LogP contribution >= 0.6 is 11.5 Å². The summed E-state index contributed by atoms with van der Waals surface area (Å²) in [6.07, 6.45) is 5.67. The van der Waals surface area contributed by atoms with Crippen molar-refractivity contribution in [2.45, 2.75) is 25.8 Å². The Morgan fingerprint density at radius 2 is 1.96 bits per heavy atom. The summed E-state index contributed by atoms with van der Waals surface area (Å²) >= 11 is 1.41. The van der Waals surface area contributed by atoms with Crippen molar-refractivity contribution in [3.05, 3.63) is 58.5 Å². The highest BCUT2D eigenvalue weighted by Crippen LogP contribution is 2.20. The first-order valence-electron chi connectivity index (χ1n) is 8.10. The fourth-order valence-electron chi connectivity index (χ4n) is 3.19. The highest BCUT2D eigenvalue weighted by Gasteiger charge is 2.12. The van der Waals surface area contributed by atoms with Crippen LogP contribution in [0.1, 0.15) is 24.8 Å². The van der Waals surface area contributed by atoms with Gasteiger partial charge in [0, 0.05) is 12.7 Å². The number of hydrogen-bond donors (Lipinski definition) is 0. The lowest BCUT2D eigenvalue weighted by atomic mass is 10.1. The average Bonchev–Trinajstić information content (AvgIpc) is 2.93. The molecule has 5 heteroatoms. The molecule has 0 atom stereocenters. The van der Waals surface area contributed by atoms with Gasteiger partial charge in [0.2, 0.25) is 0 Å². The molecular weight excluding hydrogens is 306 g/mol. The van der Waals surface area contributed by atoms with E-state index in [1.54, 1.807) is 10.2 Å². The quantitative estimate of drug-likeness (QED) is 0.740. The van der Waals surface area contributed by atoms with Crippen LogP contribution in [0.3, 0.4) is 0 Å². The molecule has 0 unspecified atom stereocenters. The molecule has 1 aliphatic rings. The lowest BCUT2D eigenvalue weighted by molar-refractivity contribution is 0.221. The van der Waals surface area contributed by atoms with Gasteiger partial charge in [-0.25, -0.2) is 8.94 Å². The minimum Gasteiger partial charge on any atom is -0.299 e. The van der Waals surface area contributed by atoms with E-state index in [-0.39, 0.29) is 5.56 Å². The van der Waals surface area contributed by atoms with E-state index in [4.69, 9.17) is 0 Å². The van der Waals surface area contributed by atoms with E-state index in [0.29, 0.717) is 5.39 Å². The van der Waals surface area contributed by atoms with E-state index in [9.17, 15) is 4.79 Å². The zero-order valence-electron chi connectivity index (χ0n) is 12.9. The second-order valence-corrected chi connectivity index (χ2v) is 6.99. The van der Waals surface area contributed by atoms with Crippen LogP contribution in [-0.4, -0.2) is 26.9 Å². The minimum absolute atomic E-state index is 0.0215. The van der Waals surface area contributed by atoms with Crippen LogP contribution in [-0.2, 0) is 6.54 Å². The molecule has 0 aliphatic carbocycles. The van der Waals surface area contributed by atoms with Gasteiger partial charge in [-0.1, -0.05) is 18.6 Å². The molecule has 1 fully saturated rings. The van der Waals surface area contributed by atoms with Gasteiger partial charge in [0.05, 0.1) is 11.1 Å². The van der Waals surface area contributed by atoms with Crippen molar-refractivity contribution in [2.24, 2.45) is 0 Å². The first-order valence-corrected chi connectivity index (χ1v) is 8.87. The molecule has 0 amide bonds. The monoisotopic (exact) mass is 325 g/mol. The van der Waals surface area contributed by atoms with Gasteiger partial charge >= 0.3 is 0 Å². The standard InChI is InChI=1S/C18H19N3OS/c22-18-16-8-5-9-19-17(16)23-21(18)15-7-4-6-14(12-15)13-20-10-2-1-3-11-20/h4-9,12H,1-3,10-11,13H2. The van der Waals surface area contributed by atoms with Gasteiger partial charge in [0.15, 0.2) is 0 Å². The molecule has 1 saturated heterocycles. The molecular formula is C18H19N3OS. The summed E-state index contributed by atoms with van der Waals surface area (Å²) < 4.78 is 1.75. The minimum atomic E-state index is 0.0215. The van der Waals surface area contributed by atoms with Crippen molar-refractivity contribution in [1.82, 2.24) is 13.8 Å². The smallest absolute Gasteiger partial charge is 0.274 e. The van der Waals surface area contributed by atoms with E-state index in [2.05, 4.69) is 22.0 Å². The zero-order chi connectivity index (χ0) is 15.6. The zero-order valence-corrected chi connectivity index (χ0v) is 13.8. The third-order valence-electron chi connectivity index (χ3n) is 4.36. The number of fused-ring (bicyclic) bond motifs is 1. The number of benzene rings is 1. The summed E-state index contributed by atoms with van der Waals surface area (Å²) in [5, 5.41) is 0.693. The van der Waals surface area contributed by atoms with E-state index in [1.165, 1.54) is 49.4 Å². The Morgan fingerprint density at radius 3 is 2.78 bits per heavy atom. The molecule has 3 heterocycles. The van der Waals surface area contributed by atoms with E-state index >= 15 is 0 Å². The van der Waals surface area contributed by atoms with Crippen LogP contribution in [0.4, 0.5) is 0 Å². The van der Waals surface area contributed by atoms with E-state index < -0.39 is 0 Å². The SMILES string of the molecule is O=c1c2cccnc2sn1-c1cccc(CN2CCCCC2)c1. The summed E-state index contributed by atoms with van der Waals surface area (Å²) in [4.78, 5) is 20.1. The summed E-state index contributed by atoms with van der Waals surface area (Å²) in [6, 6.07) is 12.0. The van der Waals surface area contributed by atoms with Gasteiger partial charge in [0.25, 0.3) is 5.56 Å². The van der Waals surface area contributed by atoms with Crippen molar-refractivity contribution in [1.29, 1.82) is 0 Å². The third kappa shape index (κ3) is 2.94. The molecule has 0 radical (unpaired) electrons. The van der Waals surface area contributed by atoms with Crippen molar-refractivity contribution in [3.63, 3.8) is 0 Å². The summed E-state index contributed by atoms with van der Waals surface area (Å²) in [7, 11) is 0. The number of piperidine rings is 1. The molecule has 3 aromatic rings. The van der Waals surface area contributed by atoms with Gasteiger partial charge in [-0.3, -0.25) is 9.69 Å². The maximum absolute atomic E-state index is 12.6. The van der Waals surface area contributed by atoms with Crippen LogP contribution in [0.2, 0.25) is 0 Å². The van der Waals surface area contributed by atoms with Gasteiger partial charge in [-0.05, 0) is 67.3 Å². The molecule has 2 aromatic heterocycles. The average molecular weight is 325 g/mol. The van der Waals surface area contributed by atoms with Crippen LogP contribution in [0.25, 0.3) is 15.9 Å². The van der Waals surface area contributed by atoms with Crippen LogP contribution in [0.5, 0.6) is 0 Å². The Bertz CT molecular complexity index is 877. The largest absolute Gasteiger partial charge is 0.299 e. The lowest BCUT2D eigenvalue weighted by Gasteiger charge is -2.26. The Hall–Kier alpha value is -1.98. The van der Waals surface area contributed by atoms with Crippen molar-refractivity contribution < 1.29 is 0 Å². The van der Waals surface area contributed by atoms with E-state index in [1.807, 2.05) is 24.3 Å². The fraction of sp³-hybridized carbons (Fsp3) is 0.333.